The molecular formula is C30H42O4. The van der Waals surface area contributed by atoms with Gasteiger partial charge in [0.2, 0.25) is 0 Å². The molecule has 3 saturated carbocycles. The van der Waals surface area contributed by atoms with Crippen molar-refractivity contribution in [3.05, 3.63) is 36.5 Å². The molecule has 0 aromatic heterocycles. The molecule has 9 unspecified atom stereocenters. The standard InChI is InChI=1S/C30H42O4/c1-18(2)21(31)8-7-19(25(33)34)20-11-13-28(6)23-10-9-22-26(3,4)24(32)12-14-29(22)17-30(23,29)16-15-27(20,28)5/h12,14-16,19-23,31H,1,7-11,13,17H2,2-6H3,(H,33,34). The first-order chi connectivity index (χ1) is 15.8. The van der Waals surface area contributed by atoms with E-state index in [0.29, 0.717) is 30.3 Å². The number of hydrogen-bond acceptors (Lipinski definition) is 3. The molecule has 3 fully saturated rings. The van der Waals surface area contributed by atoms with Crippen LogP contribution in [0.15, 0.2) is 36.5 Å². The van der Waals surface area contributed by atoms with Crippen LogP contribution in [0.25, 0.3) is 0 Å². The number of carboxylic acids is 1. The van der Waals surface area contributed by atoms with E-state index in [-0.39, 0.29) is 38.8 Å². The van der Waals surface area contributed by atoms with Crippen LogP contribution in [0.2, 0.25) is 0 Å². The molecule has 0 saturated heterocycles. The van der Waals surface area contributed by atoms with Gasteiger partial charge in [0, 0.05) is 16.2 Å². The lowest BCUT2D eigenvalue weighted by Gasteiger charge is -2.59. The van der Waals surface area contributed by atoms with Crippen LogP contribution in [0.4, 0.5) is 0 Å². The van der Waals surface area contributed by atoms with Gasteiger partial charge in [-0.1, -0.05) is 58.1 Å². The summed E-state index contributed by atoms with van der Waals surface area (Å²) < 4.78 is 0. The molecular weight excluding hydrogens is 424 g/mol. The first-order valence-electron chi connectivity index (χ1n) is 13.3. The minimum Gasteiger partial charge on any atom is -0.481 e. The number of allylic oxidation sites excluding steroid dienone is 4. The van der Waals surface area contributed by atoms with Crippen LogP contribution in [-0.4, -0.2) is 28.1 Å². The number of rotatable bonds is 6. The van der Waals surface area contributed by atoms with Gasteiger partial charge >= 0.3 is 5.97 Å². The van der Waals surface area contributed by atoms with Crippen LogP contribution in [0, 0.1) is 50.7 Å². The van der Waals surface area contributed by atoms with Gasteiger partial charge in [-0.25, -0.2) is 0 Å². The number of aliphatic hydroxyl groups excluding tert-OH is 1. The molecule has 186 valence electrons. The van der Waals surface area contributed by atoms with Crippen LogP contribution in [0.1, 0.15) is 79.6 Å². The number of carbonyl (C=O) groups excluding carboxylic acids is 1. The molecule has 5 aliphatic carbocycles. The Hall–Kier alpha value is -1.68. The van der Waals surface area contributed by atoms with Crippen molar-refractivity contribution in [1.29, 1.82) is 0 Å². The second-order valence-corrected chi connectivity index (χ2v) is 13.4. The maximum absolute atomic E-state index is 12.7. The fourth-order valence-corrected chi connectivity index (χ4v) is 9.68. The molecule has 0 aromatic carbocycles. The van der Waals surface area contributed by atoms with Crippen molar-refractivity contribution < 1.29 is 19.8 Å². The number of aliphatic hydroxyl groups is 1. The predicted molar refractivity (Wildman–Crippen MR) is 133 cm³/mol. The molecule has 4 nitrogen and oxygen atoms in total. The van der Waals surface area contributed by atoms with Gasteiger partial charge in [0.05, 0.1) is 12.0 Å². The molecule has 4 heteroatoms. The number of carboxylic acid groups (broad SMARTS) is 1. The largest absolute Gasteiger partial charge is 0.481 e. The maximum atomic E-state index is 12.7. The second kappa shape index (κ2) is 7.18. The molecule has 5 aliphatic rings. The zero-order chi connectivity index (χ0) is 24.9. The normalized spacial score (nSPS) is 47.1. The molecule has 2 N–H and O–H groups in total. The summed E-state index contributed by atoms with van der Waals surface area (Å²) >= 11 is 0. The Morgan fingerprint density at radius 2 is 1.71 bits per heavy atom. The zero-order valence-electron chi connectivity index (χ0n) is 21.6. The van der Waals surface area contributed by atoms with Gasteiger partial charge in [-0.2, -0.15) is 0 Å². The SMILES string of the molecule is C=C(C)C(O)CCC(C(=O)O)C1CCC2(C)C3CCC4C(C)(C)C(=O)C=CC45CC35C=CC12C. The van der Waals surface area contributed by atoms with E-state index in [4.69, 9.17) is 0 Å². The summed E-state index contributed by atoms with van der Waals surface area (Å²) in [6.07, 6.45) is 14.6. The molecule has 0 amide bonds. The van der Waals surface area contributed by atoms with Crippen LogP contribution in [-0.2, 0) is 9.59 Å². The lowest BCUT2D eigenvalue weighted by atomic mass is 9.45. The number of aliphatic carboxylic acids is 1. The van der Waals surface area contributed by atoms with Crippen LogP contribution < -0.4 is 0 Å². The highest BCUT2D eigenvalue weighted by molar-refractivity contribution is 5.96. The van der Waals surface area contributed by atoms with E-state index in [2.05, 4.69) is 52.5 Å². The van der Waals surface area contributed by atoms with E-state index in [1.807, 2.05) is 6.08 Å². The molecule has 2 spiro atoms. The monoisotopic (exact) mass is 466 g/mol. The van der Waals surface area contributed by atoms with E-state index in [9.17, 15) is 19.8 Å². The van der Waals surface area contributed by atoms with Gasteiger partial charge in [-0.15, -0.1) is 0 Å². The Balaban J connectivity index is 1.49. The van der Waals surface area contributed by atoms with Crippen molar-refractivity contribution in [1.82, 2.24) is 0 Å². The van der Waals surface area contributed by atoms with E-state index in [0.717, 1.165) is 32.1 Å². The maximum Gasteiger partial charge on any atom is 0.306 e. The minimum atomic E-state index is -0.736. The molecule has 0 heterocycles. The average Bonchev–Trinajstić information content (AvgIpc) is 3.35. The number of fused-ring (bicyclic) bond motifs is 2. The first kappa shape index (κ1) is 24.0. The molecule has 34 heavy (non-hydrogen) atoms. The van der Waals surface area contributed by atoms with Crippen LogP contribution in [0.5, 0.6) is 0 Å². The third-order valence-corrected chi connectivity index (χ3v) is 11.9. The van der Waals surface area contributed by atoms with Gasteiger partial charge in [-0.3, -0.25) is 9.59 Å². The van der Waals surface area contributed by atoms with E-state index in [1.165, 1.54) is 0 Å². The minimum absolute atomic E-state index is 0.0427. The van der Waals surface area contributed by atoms with Gasteiger partial charge in [-0.05, 0) is 86.5 Å². The Bertz CT molecular complexity index is 1010. The van der Waals surface area contributed by atoms with E-state index >= 15 is 0 Å². The quantitative estimate of drug-likeness (QED) is 0.473. The third-order valence-electron chi connectivity index (χ3n) is 11.9. The highest BCUT2D eigenvalue weighted by Crippen LogP contribution is 2.86. The number of hydrogen-bond donors (Lipinski definition) is 2. The van der Waals surface area contributed by atoms with E-state index < -0.39 is 18.0 Å². The Morgan fingerprint density at radius 1 is 1.06 bits per heavy atom. The summed E-state index contributed by atoms with van der Waals surface area (Å²) in [4.78, 5) is 25.2. The van der Waals surface area contributed by atoms with Crippen molar-refractivity contribution in [2.24, 2.45) is 50.7 Å². The molecule has 0 aliphatic heterocycles. The van der Waals surface area contributed by atoms with Crippen molar-refractivity contribution in [3.8, 4) is 0 Å². The number of ketones is 1. The Labute approximate surface area is 204 Å². The van der Waals surface area contributed by atoms with Crippen LogP contribution >= 0.6 is 0 Å². The predicted octanol–water partition coefficient (Wildman–Crippen LogP) is 5.96. The zero-order valence-corrected chi connectivity index (χ0v) is 21.6. The fraction of sp³-hybridized carbons (Fsp3) is 0.733. The topological polar surface area (TPSA) is 74.6 Å². The summed E-state index contributed by atoms with van der Waals surface area (Å²) in [6, 6.07) is 0. The van der Waals surface area contributed by atoms with E-state index in [1.54, 1.807) is 6.92 Å². The van der Waals surface area contributed by atoms with Gasteiger partial charge < -0.3 is 10.2 Å². The van der Waals surface area contributed by atoms with Gasteiger partial charge in [0.15, 0.2) is 5.78 Å². The smallest absolute Gasteiger partial charge is 0.306 e. The first-order valence-corrected chi connectivity index (χ1v) is 13.3. The lowest BCUT2D eigenvalue weighted by molar-refractivity contribution is -0.147. The Morgan fingerprint density at radius 3 is 2.35 bits per heavy atom. The summed E-state index contributed by atoms with van der Waals surface area (Å²) in [5, 5.41) is 20.5. The fourth-order valence-electron chi connectivity index (χ4n) is 9.68. The van der Waals surface area contributed by atoms with Crippen molar-refractivity contribution >= 4 is 11.8 Å². The van der Waals surface area contributed by atoms with Crippen molar-refractivity contribution in [2.75, 3.05) is 0 Å². The molecule has 9 atom stereocenters. The lowest BCUT2D eigenvalue weighted by Crippen LogP contribution is -2.54. The van der Waals surface area contributed by atoms with Crippen LogP contribution in [0.3, 0.4) is 0 Å². The summed E-state index contributed by atoms with van der Waals surface area (Å²) in [7, 11) is 0. The molecule has 0 aromatic rings. The molecule has 5 rings (SSSR count). The van der Waals surface area contributed by atoms with Gasteiger partial charge in [0.1, 0.15) is 0 Å². The van der Waals surface area contributed by atoms with Crippen molar-refractivity contribution in [3.63, 3.8) is 0 Å². The number of carbonyl (C=O) groups is 2. The summed E-state index contributed by atoms with van der Waals surface area (Å²) in [6.45, 7) is 14.6. The van der Waals surface area contributed by atoms with Gasteiger partial charge in [0.25, 0.3) is 0 Å². The average molecular weight is 467 g/mol. The Kier molecular flexibility index (Phi) is 5.08. The second-order valence-electron chi connectivity index (χ2n) is 13.4. The summed E-state index contributed by atoms with van der Waals surface area (Å²) in [5.41, 5.74) is 0.451. The van der Waals surface area contributed by atoms with Crippen molar-refractivity contribution in [2.45, 2.75) is 85.7 Å². The highest BCUT2D eigenvalue weighted by atomic mass is 16.4. The molecule has 0 bridgehead atoms. The molecule has 0 radical (unpaired) electrons. The highest BCUT2D eigenvalue weighted by Gasteiger charge is 2.80. The summed E-state index contributed by atoms with van der Waals surface area (Å²) in [5.74, 6) is 0.0320. The third kappa shape index (κ3) is 2.75.